The fraction of sp³-hybridized carbons (Fsp3) is 0.500. The van der Waals surface area contributed by atoms with Crippen molar-refractivity contribution in [3.63, 3.8) is 0 Å². The van der Waals surface area contributed by atoms with E-state index in [0.29, 0.717) is 21.1 Å². The number of nitrogens with one attached hydrogen (secondary N) is 3. The Hall–Kier alpha value is -1.21. The number of hydrogen-bond donors (Lipinski definition) is 3. The number of hydrazine groups is 1. The highest BCUT2D eigenvalue weighted by Crippen LogP contribution is 2.17. The van der Waals surface area contributed by atoms with Gasteiger partial charge in [0.1, 0.15) is 5.82 Å². The number of benzene rings is 1. The van der Waals surface area contributed by atoms with E-state index in [4.69, 9.17) is 12.2 Å². The molecule has 1 aromatic rings. The maximum absolute atomic E-state index is 13.0. The zero-order valence-corrected chi connectivity index (χ0v) is 15.8. The highest BCUT2D eigenvalue weighted by molar-refractivity contribution is 9.10. The van der Waals surface area contributed by atoms with Crippen molar-refractivity contribution in [3.05, 3.63) is 34.1 Å². The molecule has 1 rings (SSSR count). The maximum atomic E-state index is 13.0. The van der Waals surface area contributed by atoms with Gasteiger partial charge >= 0.3 is 0 Å². The Bertz CT molecular complexity index is 542. The number of hydrogen-bond acceptors (Lipinski definition) is 2. The van der Waals surface area contributed by atoms with E-state index in [9.17, 15) is 9.18 Å². The van der Waals surface area contributed by atoms with Crippen LogP contribution >= 0.6 is 28.1 Å². The van der Waals surface area contributed by atoms with Gasteiger partial charge in [-0.1, -0.05) is 33.1 Å². The zero-order valence-electron chi connectivity index (χ0n) is 13.4. The third-order valence-corrected chi connectivity index (χ3v) is 4.28. The Balaban J connectivity index is 2.31. The summed E-state index contributed by atoms with van der Waals surface area (Å²) < 4.78 is 13.4. The molecule has 0 bridgehead atoms. The minimum Gasteiger partial charge on any atom is -0.361 e. The number of amides is 1. The monoisotopic (exact) mass is 403 g/mol. The first-order chi connectivity index (χ1) is 10.9. The second kappa shape index (κ2) is 10.5. The lowest BCUT2D eigenvalue weighted by molar-refractivity contribution is 0.0943. The average Bonchev–Trinajstić information content (AvgIpc) is 2.51. The Morgan fingerprint density at radius 3 is 2.74 bits per heavy atom. The molecule has 0 aliphatic rings. The van der Waals surface area contributed by atoms with Crippen LogP contribution < -0.4 is 16.2 Å². The normalized spacial score (nSPS) is 11.7. The Labute approximate surface area is 150 Å². The molecule has 3 N–H and O–H groups in total. The summed E-state index contributed by atoms with van der Waals surface area (Å²) in [6.45, 7) is 5.11. The lowest BCUT2D eigenvalue weighted by Crippen LogP contribution is -2.47. The molecule has 0 fully saturated rings. The van der Waals surface area contributed by atoms with Crippen LogP contribution in [0.15, 0.2) is 22.7 Å². The van der Waals surface area contributed by atoms with Gasteiger partial charge in [0.25, 0.3) is 5.91 Å². The van der Waals surface area contributed by atoms with Crippen molar-refractivity contribution in [3.8, 4) is 0 Å². The van der Waals surface area contributed by atoms with Gasteiger partial charge in [0.15, 0.2) is 5.11 Å². The van der Waals surface area contributed by atoms with Crippen molar-refractivity contribution in [1.29, 1.82) is 0 Å². The fourth-order valence-corrected chi connectivity index (χ4v) is 2.68. The molecule has 23 heavy (non-hydrogen) atoms. The number of halogens is 2. The molecule has 0 saturated heterocycles. The molecule has 0 radical (unpaired) electrons. The van der Waals surface area contributed by atoms with Crippen molar-refractivity contribution in [1.82, 2.24) is 16.2 Å². The van der Waals surface area contributed by atoms with E-state index in [1.807, 2.05) is 0 Å². The predicted molar refractivity (Wildman–Crippen MR) is 98.6 cm³/mol. The summed E-state index contributed by atoms with van der Waals surface area (Å²) in [5.41, 5.74) is 5.47. The summed E-state index contributed by atoms with van der Waals surface area (Å²) in [5.74, 6) is -0.282. The first kappa shape index (κ1) is 19.8. The van der Waals surface area contributed by atoms with Crippen LogP contribution in [0.25, 0.3) is 0 Å². The van der Waals surface area contributed by atoms with Crippen molar-refractivity contribution >= 4 is 39.2 Å². The van der Waals surface area contributed by atoms with E-state index in [1.165, 1.54) is 37.5 Å². The van der Waals surface area contributed by atoms with Crippen LogP contribution in [-0.4, -0.2) is 17.6 Å². The third-order valence-electron chi connectivity index (χ3n) is 3.38. The van der Waals surface area contributed by atoms with Crippen molar-refractivity contribution in [2.24, 2.45) is 5.92 Å². The van der Waals surface area contributed by atoms with Gasteiger partial charge in [-0.3, -0.25) is 15.6 Å². The van der Waals surface area contributed by atoms with Crippen LogP contribution in [0.5, 0.6) is 0 Å². The van der Waals surface area contributed by atoms with E-state index >= 15 is 0 Å². The summed E-state index contributed by atoms with van der Waals surface area (Å²) in [5, 5.41) is 3.43. The van der Waals surface area contributed by atoms with Crippen molar-refractivity contribution in [2.45, 2.75) is 39.5 Å². The van der Waals surface area contributed by atoms with Gasteiger partial charge in [0, 0.05) is 11.0 Å². The summed E-state index contributed by atoms with van der Waals surface area (Å²) in [6, 6.07) is 3.88. The van der Waals surface area contributed by atoms with Crippen LogP contribution in [0.4, 0.5) is 4.39 Å². The third kappa shape index (κ3) is 7.74. The Morgan fingerprint density at radius 1 is 1.35 bits per heavy atom. The number of unbranched alkanes of at least 4 members (excludes halogenated alkanes) is 2. The first-order valence-corrected chi connectivity index (χ1v) is 8.93. The van der Waals surface area contributed by atoms with E-state index in [2.05, 4.69) is 45.9 Å². The summed E-state index contributed by atoms with van der Waals surface area (Å²) >= 11 is 8.28. The molecule has 0 saturated carbocycles. The molecule has 0 aromatic heterocycles. The van der Waals surface area contributed by atoms with Crippen molar-refractivity contribution < 1.29 is 9.18 Å². The molecule has 1 aromatic carbocycles. The summed E-state index contributed by atoms with van der Waals surface area (Å²) in [4.78, 5) is 12.0. The average molecular weight is 404 g/mol. The molecule has 0 spiro atoms. The van der Waals surface area contributed by atoms with Gasteiger partial charge in [0.2, 0.25) is 0 Å². The number of rotatable bonds is 7. The van der Waals surface area contributed by atoms with E-state index in [-0.39, 0.29) is 0 Å². The number of carbonyl (C=O) groups excluding carboxylic acids is 1. The van der Waals surface area contributed by atoms with Gasteiger partial charge < -0.3 is 5.32 Å². The fourth-order valence-electron chi connectivity index (χ4n) is 2.01. The van der Waals surface area contributed by atoms with Gasteiger partial charge in [-0.15, -0.1) is 0 Å². The topological polar surface area (TPSA) is 53.2 Å². The lowest BCUT2D eigenvalue weighted by atomic mass is 10.0. The summed E-state index contributed by atoms with van der Waals surface area (Å²) in [6.07, 6.45) is 4.83. The molecule has 0 aliphatic carbocycles. The smallest absolute Gasteiger partial charge is 0.270 e. The molecular weight excluding hydrogens is 381 g/mol. The van der Waals surface area contributed by atoms with Gasteiger partial charge in [-0.05, 0) is 58.7 Å². The molecule has 1 atom stereocenters. The van der Waals surface area contributed by atoms with Gasteiger partial charge in [-0.25, -0.2) is 4.39 Å². The maximum Gasteiger partial charge on any atom is 0.270 e. The molecule has 4 nitrogen and oxygen atoms in total. The first-order valence-electron chi connectivity index (χ1n) is 7.73. The van der Waals surface area contributed by atoms with Crippen LogP contribution in [-0.2, 0) is 0 Å². The SMILES string of the molecule is CCCCC[C@H](C)CNC(=S)NNC(=O)c1ccc(F)cc1Br. The van der Waals surface area contributed by atoms with Crippen molar-refractivity contribution in [2.75, 3.05) is 6.54 Å². The molecule has 7 heteroatoms. The molecule has 1 amide bonds. The van der Waals surface area contributed by atoms with Crippen LogP contribution in [0, 0.1) is 11.7 Å². The zero-order chi connectivity index (χ0) is 17.2. The minimum absolute atomic E-state index is 0.328. The van der Waals surface area contributed by atoms with Crippen LogP contribution in [0.2, 0.25) is 0 Å². The van der Waals surface area contributed by atoms with E-state index in [0.717, 1.165) is 13.0 Å². The van der Waals surface area contributed by atoms with Gasteiger partial charge in [0.05, 0.1) is 5.56 Å². The highest BCUT2D eigenvalue weighted by Gasteiger charge is 2.11. The Kier molecular flexibility index (Phi) is 9.09. The molecule has 0 unspecified atom stereocenters. The number of thiocarbonyl (C=S) groups is 1. The number of carbonyl (C=O) groups is 1. The molecule has 128 valence electrons. The van der Waals surface area contributed by atoms with Crippen LogP contribution in [0.1, 0.15) is 49.9 Å². The van der Waals surface area contributed by atoms with Crippen LogP contribution in [0.3, 0.4) is 0 Å². The quantitative estimate of drug-likeness (QED) is 0.367. The summed E-state index contributed by atoms with van der Waals surface area (Å²) in [7, 11) is 0. The standard InChI is InChI=1S/C16H23BrFN3OS/c1-3-4-5-6-11(2)10-19-16(23)21-20-15(22)13-8-7-12(18)9-14(13)17/h7-9,11H,3-6,10H2,1-2H3,(H,20,22)(H2,19,21,23)/t11-/m0/s1. The molecule has 0 aliphatic heterocycles. The second-order valence-electron chi connectivity index (χ2n) is 5.51. The second-order valence-corrected chi connectivity index (χ2v) is 6.78. The largest absolute Gasteiger partial charge is 0.361 e. The predicted octanol–water partition coefficient (Wildman–Crippen LogP) is 3.91. The van der Waals surface area contributed by atoms with E-state index in [1.54, 1.807) is 0 Å². The highest BCUT2D eigenvalue weighted by atomic mass is 79.9. The Morgan fingerprint density at radius 2 is 2.09 bits per heavy atom. The molecular formula is C16H23BrFN3OS. The minimum atomic E-state index is -0.407. The lowest BCUT2D eigenvalue weighted by Gasteiger charge is -2.15. The van der Waals surface area contributed by atoms with Gasteiger partial charge in [-0.2, -0.15) is 0 Å². The van der Waals surface area contributed by atoms with E-state index < -0.39 is 11.7 Å². The molecule has 0 heterocycles.